The number of rotatable bonds is 3. The van der Waals surface area contributed by atoms with Gasteiger partial charge in [0.25, 0.3) is 0 Å². The van der Waals surface area contributed by atoms with Gasteiger partial charge in [0.05, 0.1) is 6.26 Å². The van der Waals surface area contributed by atoms with Gasteiger partial charge < -0.3 is 0 Å². The average molecular weight is 280 g/mol. The SMILES string of the molecule is CS(=O)(=O)N1CCC2(CN(Cc3ccccc3)C2)C1. The Hall–Kier alpha value is -0.910. The summed E-state index contributed by atoms with van der Waals surface area (Å²) in [5, 5.41) is 0. The van der Waals surface area contributed by atoms with Crippen LogP contribution in [0.1, 0.15) is 12.0 Å². The number of likely N-dealkylation sites (tertiary alicyclic amines) is 1. The predicted octanol–water partition coefficient (Wildman–Crippen LogP) is 1.15. The highest BCUT2D eigenvalue weighted by molar-refractivity contribution is 7.88. The fourth-order valence-electron chi connectivity index (χ4n) is 3.29. The maximum atomic E-state index is 11.5. The van der Waals surface area contributed by atoms with Crippen LogP contribution in [0, 0.1) is 5.41 Å². The molecule has 0 saturated carbocycles. The third kappa shape index (κ3) is 2.68. The van der Waals surface area contributed by atoms with Crippen molar-refractivity contribution in [3.8, 4) is 0 Å². The van der Waals surface area contributed by atoms with Gasteiger partial charge in [-0.05, 0) is 12.0 Å². The Bertz CT molecular complexity index is 550. The van der Waals surface area contributed by atoms with E-state index in [1.54, 1.807) is 4.31 Å². The van der Waals surface area contributed by atoms with Gasteiger partial charge in [-0.2, -0.15) is 0 Å². The lowest BCUT2D eigenvalue weighted by Gasteiger charge is -2.48. The molecule has 2 aliphatic rings. The van der Waals surface area contributed by atoms with Crippen LogP contribution in [-0.2, 0) is 16.6 Å². The first-order chi connectivity index (χ1) is 8.97. The van der Waals surface area contributed by atoms with Crippen LogP contribution in [0.2, 0.25) is 0 Å². The Morgan fingerprint density at radius 2 is 1.84 bits per heavy atom. The lowest BCUT2D eigenvalue weighted by atomic mass is 9.79. The Kier molecular flexibility index (Phi) is 3.15. The molecule has 4 nitrogen and oxygen atoms in total. The number of nitrogens with zero attached hydrogens (tertiary/aromatic N) is 2. The molecule has 0 bridgehead atoms. The van der Waals surface area contributed by atoms with Crippen molar-refractivity contribution < 1.29 is 8.42 Å². The number of benzene rings is 1. The number of hydrogen-bond acceptors (Lipinski definition) is 3. The summed E-state index contributed by atoms with van der Waals surface area (Å²) < 4.78 is 24.7. The molecule has 3 rings (SSSR count). The van der Waals surface area contributed by atoms with Crippen molar-refractivity contribution in [1.82, 2.24) is 9.21 Å². The van der Waals surface area contributed by atoms with E-state index < -0.39 is 10.0 Å². The van der Waals surface area contributed by atoms with E-state index in [1.165, 1.54) is 11.8 Å². The van der Waals surface area contributed by atoms with Crippen LogP contribution in [0.25, 0.3) is 0 Å². The van der Waals surface area contributed by atoms with Crippen LogP contribution < -0.4 is 0 Å². The topological polar surface area (TPSA) is 40.6 Å². The lowest BCUT2D eigenvalue weighted by molar-refractivity contribution is 0.00654. The van der Waals surface area contributed by atoms with Crippen LogP contribution in [-0.4, -0.2) is 50.1 Å². The average Bonchev–Trinajstić information content (AvgIpc) is 2.75. The van der Waals surface area contributed by atoms with Crippen LogP contribution in [0.3, 0.4) is 0 Å². The zero-order valence-corrected chi connectivity index (χ0v) is 12.1. The van der Waals surface area contributed by atoms with Gasteiger partial charge in [-0.25, -0.2) is 12.7 Å². The van der Waals surface area contributed by atoms with Crippen LogP contribution in [0.5, 0.6) is 0 Å². The number of sulfonamides is 1. The molecule has 0 radical (unpaired) electrons. The summed E-state index contributed by atoms with van der Waals surface area (Å²) in [7, 11) is -3.01. The minimum atomic E-state index is -3.01. The Labute approximate surface area is 115 Å². The van der Waals surface area contributed by atoms with Gasteiger partial charge in [0.2, 0.25) is 10.0 Å². The van der Waals surface area contributed by atoms with Crippen molar-refractivity contribution in [3.05, 3.63) is 35.9 Å². The van der Waals surface area contributed by atoms with Crippen molar-refractivity contribution in [2.45, 2.75) is 13.0 Å². The van der Waals surface area contributed by atoms with Gasteiger partial charge in [0.15, 0.2) is 0 Å². The van der Waals surface area contributed by atoms with Gasteiger partial charge in [-0.1, -0.05) is 30.3 Å². The largest absolute Gasteiger partial charge is 0.298 e. The van der Waals surface area contributed by atoms with Gasteiger partial charge in [-0.15, -0.1) is 0 Å². The molecule has 0 aliphatic carbocycles. The van der Waals surface area contributed by atoms with Gasteiger partial charge in [-0.3, -0.25) is 4.90 Å². The third-order valence-electron chi connectivity index (χ3n) is 4.24. The normalized spacial score (nSPS) is 23.6. The molecule has 2 saturated heterocycles. The highest BCUT2D eigenvalue weighted by Crippen LogP contribution is 2.40. The molecule has 2 fully saturated rings. The molecule has 104 valence electrons. The fourth-order valence-corrected chi connectivity index (χ4v) is 4.22. The summed E-state index contributed by atoms with van der Waals surface area (Å²) in [5.74, 6) is 0. The van der Waals surface area contributed by atoms with E-state index in [4.69, 9.17) is 0 Å². The van der Waals surface area contributed by atoms with E-state index in [0.717, 1.165) is 26.1 Å². The maximum Gasteiger partial charge on any atom is 0.211 e. The van der Waals surface area contributed by atoms with Gasteiger partial charge in [0.1, 0.15) is 0 Å². The summed E-state index contributed by atoms with van der Waals surface area (Å²) in [6.45, 7) is 4.42. The lowest BCUT2D eigenvalue weighted by Crippen LogP contribution is -2.57. The minimum absolute atomic E-state index is 0.220. The second kappa shape index (κ2) is 4.58. The highest BCUT2D eigenvalue weighted by Gasteiger charge is 2.49. The van der Waals surface area contributed by atoms with E-state index in [0.29, 0.717) is 13.1 Å². The molecular weight excluding hydrogens is 260 g/mol. The van der Waals surface area contributed by atoms with E-state index in [9.17, 15) is 8.42 Å². The van der Waals surface area contributed by atoms with E-state index in [1.807, 2.05) is 6.07 Å². The second-order valence-corrected chi connectivity index (χ2v) is 7.96. The quantitative estimate of drug-likeness (QED) is 0.834. The fraction of sp³-hybridized carbons (Fsp3) is 0.571. The molecule has 5 heteroatoms. The third-order valence-corrected chi connectivity index (χ3v) is 5.49. The predicted molar refractivity (Wildman–Crippen MR) is 75.2 cm³/mol. The summed E-state index contributed by atoms with van der Waals surface area (Å²) in [6.07, 6.45) is 2.32. The first-order valence-corrected chi connectivity index (χ1v) is 8.53. The van der Waals surface area contributed by atoms with Crippen LogP contribution >= 0.6 is 0 Å². The van der Waals surface area contributed by atoms with E-state index in [-0.39, 0.29) is 5.41 Å². The second-order valence-electron chi connectivity index (χ2n) is 5.98. The van der Waals surface area contributed by atoms with Crippen LogP contribution in [0.15, 0.2) is 30.3 Å². The minimum Gasteiger partial charge on any atom is -0.298 e. The number of hydrogen-bond donors (Lipinski definition) is 0. The summed E-state index contributed by atoms with van der Waals surface area (Å²) in [5.41, 5.74) is 1.55. The zero-order valence-electron chi connectivity index (χ0n) is 11.2. The zero-order chi connectivity index (χ0) is 13.5. The van der Waals surface area contributed by atoms with Gasteiger partial charge >= 0.3 is 0 Å². The molecular formula is C14H20N2O2S. The Balaban J connectivity index is 1.56. The van der Waals surface area contributed by atoms with Crippen molar-refractivity contribution in [2.24, 2.45) is 5.41 Å². The molecule has 1 aromatic rings. The monoisotopic (exact) mass is 280 g/mol. The maximum absolute atomic E-state index is 11.5. The summed E-state index contributed by atoms with van der Waals surface area (Å²) in [4.78, 5) is 2.40. The smallest absolute Gasteiger partial charge is 0.211 e. The molecule has 0 amide bonds. The van der Waals surface area contributed by atoms with Crippen molar-refractivity contribution in [1.29, 1.82) is 0 Å². The molecule has 0 aromatic heterocycles. The molecule has 19 heavy (non-hydrogen) atoms. The molecule has 2 heterocycles. The van der Waals surface area contributed by atoms with E-state index in [2.05, 4.69) is 29.2 Å². The highest BCUT2D eigenvalue weighted by atomic mass is 32.2. The van der Waals surface area contributed by atoms with Crippen LogP contribution in [0.4, 0.5) is 0 Å². The molecule has 0 unspecified atom stereocenters. The molecule has 1 spiro atoms. The molecule has 2 aliphatic heterocycles. The van der Waals surface area contributed by atoms with Gasteiger partial charge in [0, 0.05) is 38.1 Å². The van der Waals surface area contributed by atoms with E-state index >= 15 is 0 Å². The molecule has 1 aromatic carbocycles. The Morgan fingerprint density at radius 3 is 2.42 bits per heavy atom. The molecule has 0 N–H and O–H groups in total. The van der Waals surface area contributed by atoms with Crippen molar-refractivity contribution in [3.63, 3.8) is 0 Å². The molecule has 0 atom stereocenters. The first-order valence-electron chi connectivity index (χ1n) is 6.68. The summed E-state index contributed by atoms with van der Waals surface area (Å²) in [6, 6.07) is 10.4. The summed E-state index contributed by atoms with van der Waals surface area (Å²) >= 11 is 0. The standard InChI is InChI=1S/C14H20N2O2S/c1-19(17,18)16-8-7-14(12-16)10-15(11-14)9-13-5-3-2-4-6-13/h2-6H,7-12H2,1H3. The van der Waals surface area contributed by atoms with Crippen molar-refractivity contribution >= 4 is 10.0 Å². The van der Waals surface area contributed by atoms with Crippen molar-refractivity contribution in [2.75, 3.05) is 32.4 Å². The Morgan fingerprint density at radius 1 is 1.16 bits per heavy atom. The first kappa shape index (κ1) is 13.1.